The number of carboxylic acids is 1. The van der Waals surface area contributed by atoms with Gasteiger partial charge < -0.3 is 5.11 Å². The van der Waals surface area contributed by atoms with Crippen molar-refractivity contribution in [3.63, 3.8) is 0 Å². The summed E-state index contributed by atoms with van der Waals surface area (Å²) in [6, 6.07) is 12.3. The summed E-state index contributed by atoms with van der Waals surface area (Å²) in [5.74, 6) is -1.36. The predicted octanol–water partition coefficient (Wildman–Crippen LogP) is 5.05. The van der Waals surface area contributed by atoms with Gasteiger partial charge in [0.2, 0.25) is 0 Å². The van der Waals surface area contributed by atoms with Crippen LogP contribution in [0.2, 0.25) is 0 Å². The topological polar surface area (TPSA) is 37.3 Å². The summed E-state index contributed by atoms with van der Waals surface area (Å²) >= 11 is 1.63. The molecule has 0 heterocycles. The number of allylic oxidation sites excluding steroid dienone is 1. The number of halogens is 1. The van der Waals surface area contributed by atoms with Gasteiger partial charge in [0.15, 0.2) is 0 Å². The Morgan fingerprint density at radius 1 is 1.21 bits per heavy atom. The summed E-state index contributed by atoms with van der Waals surface area (Å²) in [6.45, 7) is 1.90. The molecule has 1 aliphatic carbocycles. The molecular formula is C20H17FO2S. The van der Waals surface area contributed by atoms with Crippen LogP contribution in [0.25, 0.3) is 11.6 Å². The van der Waals surface area contributed by atoms with E-state index in [0.29, 0.717) is 17.6 Å². The molecule has 0 fully saturated rings. The van der Waals surface area contributed by atoms with Crippen LogP contribution in [0, 0.1) is 5.82 Å². The molecule has 1 aliphatic rings. The summed E-state index contributed by atoms with van der Waals surface area (Å²) in [4.78, 5) is 13.0. The lowest BCUT2D eigenvalue weighted by Gasteiger charge is -2.09. The SMILES string of the molecule is CSc1ccc(/C=C(/C(=O)O)C2=C(C)Cc3ccc(F)cc32)cc1. The van der Waals surface area contributed by atoms with E-state index in [2.05, 4.69) is 0 Å². The van der Waals surface area contributed by atoms with Crippen molar-refractivity contribution < 1.29 is 14.3 Å². The Hall–Kier alpha value is -2.33. The van der Waals surface area contributed by atoms with Gasteiger partial charge >= 0.3 is 5.97 Å². The van der Waals surface area contributed by atoms with Crippen molar-refractivity contribution in [1.82, 2.24) is 0 Å². The third kappa shape index (κ3) is 3.15. The lowest BCUT2D eigenvalue weighted by molar-refractivity contribution is -0.132. The lowest BCUT2D eigenvalue weighted by atomic mass is 9.95. The quantitative estimate of drug-likeness (QED) is 0.625. The summed E-state index contributed by atoms with van der Waals surface area (Å²) < 4.78 is 13.6. The number of fused-ring (bicyclic) bond motifs is 1. The standard InChI is InChI=1S/C20H17FO2S/c1-12-9-14-5-6-15(21)11-17(14)19(12)18(20(22)23)10-13-3-7-16(24-2)8-4-13/h3-8,10-11H,9H2,1-2H3,(H,22,23)/b18-10+. The third-order valence-corrected chi connectivity index (χ3v) is 4.89. The minimum atomic E-state index is -1.00. The predicted molar refractivity (Wildman–Crippen MR) is 96.5 cm³/mol. The highest BCUT2D eigenvalue weighted by Crippen LogP contribution is 2.38. The van der Waals surface area contributed by atoms with Crippen molar-refractivity contribution in [2.45, 2.75) is 18.2 Å². The molecule has 0 atom stereocenters. The van der Waals surface area contributed by atoms with Crippen molar-refractivity contribution in [3.05, 3.63) is 76.1 Å². The molecule has 4 heteroatoms. The molecule has 3 rings (SSSR count). The molecule has 0 unspecified atom stereocenters. The fraction of sp³-hybridized carbons (Fsp3) is 0.150. The second-order valence-electron chi connectivity index (χ2n) is 5.77. The van der Waals surface area contributed by atoms with Crippen LogP contribution in [0.5, 0.6) is 0 Å². The van der Waals surface area contributed by atoms with E-state index in [4.69, 9.17) is 0 Å². The molecule has 24 heavy (non-hydrogen) atoms. The average molecular weight is 340 g/mol. The minimum Gasteiger partial charge on any atom is -0.478 e. The van der Waals surface area contributed by atoms with E-state index in [1.165, 1.54) is 12.1 Å². The van der Waals surface area contributed by atoms with Gasteiger partial charge in [-0.05, 0) is 72.2 Å². The molecule has 2 nitrogen and oxygen atoms in total. The molecule has 0 saturated heterocycles. The van der Waals surface area contributed by atoms with Crippen molar-refractivity contribution >= 4 is 29.4 Å². The van der Waals surface area contributed by atoms with Gasteiger partial charge in [0.1, 0.15) is 5.82 Å². The molecule has 2 aromatic carbocycles. The Labute approximate surface area is 144 Å². The number of aliphatic carboxylic acids is 1. The van der Waals surface area contributed by atoms with Crippen LogP contribution in [-0.2, 0) is 11.2 Å². The molecule has 0 saturated carbocycles. The van der Waals surface area contributed by atoms with Crippen LogP contribution in [0.4, 0.5) is 4.39 Å². The summed E-state index contributed by atoms with van der Waals surface area (Å²) in [5.41, 5.74) is 4.25. The normalized spacial score (nSPS) is 14.0. The van der Waals surface area contributed by atoms with Crippen LogP contribution < -0.4 is 0 Å². The molecular weight excluding hydrogens is 323 g/mol. The van der Waals surface area contributed by atoms with Crippen LogP contribution in [0.3, 0.4) is 0 Å². The van der Waals surface area contributed by atoms with E-state index < -0.39 is 5.97 Å². The monoisotopic (exact) mass is 340 g/mol. The Morgan fingerprint density at radius 2 is 1.92 bits per heavy atom. The second kappa shape index (κ2) is 6.65. The summed E-state index contributed by atoms with van der Waals surface area (Å²) in [6.07, 6.45) is 4.30. The molecule has 2 aromatic rings. The molecule has 0 aliphatic heterocycles. The van der Waals surface area contributed by atoms with Crippen LogP contribution in [-0.4, -0.2) is 17.3 Å². The fourth-order valence-electron chi connectivity index (χ4n) is 3.02. The fourth-order valence-corrected chi connectivity index (χ4v) is 3.43. The lowest BCUT2D eigenvalue weighted by Crippen LogP contribution is -2.03. The van der Waals surface area contributed by atoms with Gasteiger partial charge in [-0.25, -0.2) is 9.18 Å². The maximum atomic E-state index is 13.6. The molecule has 0 bridgehead atoms. The zero-order valence-corrected chi connectivity index (χ0v) is 14.3. The molecule has 0 radical (unpaired) electrons. The number of carboxylic acid groups (broad SMARTS) is 1. The van der Waals surface area contributed by atoms with E-state index in [-0.39, 0.29) is 11.4 Å². The number of hydrogen-bond acceptors (Lipinski definition) is 2. The van der Waals surface area contributed by atoms with Crippen LogP contribution >= 0.6 is 11.8 Å². The minimum absolute atomic E-state index is 0.203. The van der Waals surface area contributed by atoms with E-state index in [1.54, 1.807) is 23.9 Å². The zero-order chi connectivity index (χ0) is 17.3. The first-order chi connectivity index (χ1) is 11.5. The third-order valence-electron chi connectivity index (χ3n) is 4.15. The van der Waals surface area contributed by atoms with Crippen LogP contribution in [0.1, 0.15) is 23.6 Å². The van der Waals surface area contributed by atoms with E-state index >= 15 is 0 Å². The maximum Gasteiger partial charge on any atom is 0.336 e. The van der Waals surface area contributed by atoms with Crippen LogP contribution in [0.15, 0.2) is 58.5 Å². The van der Waals surface area contributed by atoms with E-state index in [9.17, 15) is 14.3 Å². The Balaban J connectivity index is 2.09. The first-order valence-electron chi connectivity index (χ1n) is 7.57. The molecule has 0 amide bonds. The molecule has 0 spiro atoms. The number of carbonyl (C=O) groups is 1. The van der Waals surface area contributed by atoms with Gasteiger partial charge in [-0.3, -0.25) is 0 Å². The van der Waals surface area contributed by atoms with Crippen molar-refractivity contribution in [3.8, 4) is 0 Å². The number of thioether (sulfide) groups is 1. The summed E-state index contributed by atoms with van der Waals surface area (Å²) in [7, 11) is 0. The number of hydrogen-bond donors (Lipinski definition) is 1. The largest absolute Gasteiger partial charge is 0.478 e. The Morgan fingerprint density at radius 3 is 2.54 bits per heavy atom. The van der Waals surface area contributed by atoms with E-state index in [1.807, 2.05) is 37.4 Å². The first kappa shape index (κ1) is 16.5. The Kier molecular flexibility index (Phi) is 4.58. The average Bonchev–Trinajstić information content (AvgIpc) is 2.88. The van der Waals surface area contributed by atoms with Gasteiger partial charge in [0.05, 0.1) is 5.57 Å². The highest BCUT2D eigenvalue weighted by molar-refractivity contribution is 7.98. The molecule has 1 N–H and O–H groups in total. The van der Waals surface area contributed by atoms with Gasteiger partial charge in [0, 0.05) is 4.90 Å². The maximum absolute atomic E-state index is 13.6. The van der Waals surface area contributed by atoms with Gasteiger partial charge in [0.25, 0.3) is 0 Å². The highest BCUT2D eigenvalue weighted by atomic mass is 32.2. The molecule has 0 aromatic heterocycles. The van der Waals surface area contributed by atoms with Crippen molar-refractivity contribution in [2.24, 2.45) is 0 Å². The van der Waals surface area contributed by atoms with Crippen molar-refractivity contribution in [1.29, 1.82) is 0 Å². The highest BCUT2D eigenvalue weighted by Gasteiger charge is 2.25. The second-order valence-corrected chi connectivity index (χ2v) is 6.65. The van der Waals surface area contributed by atoms with Crippen molar-refractivity contribution in [2.75, 3.05) is 6.26 Å². The van der Waals surface area contributed by atoms with Gasteiger partial charge in [-0.1, -0.05) is 23.8 Å². The summed E-state index contributed by atoms with van der Waals surface area (Å²) in [5, 5.41) is 9.71. The number of rotatable bonds is 4. The smallest absolute Gasteiger partial charge is 0.336 e. The molecule has 122 valence electrons. The first-order valence-corrected chi connectivity index (χ1v) is 8.80. The number of benzene rings is 2. The van der Waals surface area contributed by atoms with Gasteiger partial charge in [-0.2, -0.15) is 0 Å². The van der Waals surface area contributed by atoms with Gasteiger partial charge in [-0.15, -0.1) is 11.8 Å². The zero-order valence-electron chi connectivity index (χ0n) is 13.5. The van der Waals surface area contributed by atoms with E-state index in [0.717, 1.165) is 21.6 Å². The Bertz CT molecular complexity index is 864.